The minimum Gasteiger partial charge on any atom is -0.323 e. The van der Waals surface area contributed by atoms with E-state index in [-0.39, 0.29) is 5.82 Å². The minimum atomic E-state index is -0.370. The van der Waals surface area contributed by atoms with Crippen LogP contribution in [0.25, 0.3) is 0 Å². The highest BCUT2D eigenvalue weighted by atomic mass is 35.5. The van der Waals surface area contributed by atoms with Crippen molar-refractivity contribution in [2.45, 2.75) is 25.8 Å². The van der Waals surface area contributed by atoms with Crippen LogP contribution in [0.15, 0.2) is 24.4 Å². The summed E-state index contributed by atoms with van der Waals surface area (Å²) < 4.78 is 15.8. The third-order valence-corrected chi connectivity index (χ3v) is 3.21. The van der Waals surface area contributed by atoms with Gasteiger partial charge < -0.3 is 9.88 Å². The second-order valence-corrected chi connectivity index (χ2v) is 5.03. The van der Waals surface area contributed by atoms with Gasteiger partial charge in [-0.25, -0.2) is 9.37 Å². The molecule has 1 aromatic carbocycles. The predicted molar refractivity (Wildman–Crippen MR) is 69.9 cm³/mol. The van der Waals surface area contributed by atoms with Crippen molar-refractivity contribution in [1.82, 2.24) is 9.55 Å². The summed E-state index contributed by atoms with van der Waals surface area (Å²) in [6.07, 6.45) is 4.31. The molecule has 3 nitrogen and oxygen atoms in total. The maximum Gasteiger partial charge on any atom is 0.207 e. The molecule has 0 radical (unpaired) electrons. The molecule has 5 heteroatoms. The molecule has 0 spiro atoms. The van der Waals surface area contributed by atoms with Crippen molar-refractivity contribution in [3.63, 3.8) is 0 Å². The van der Waals surface area contributed by atoms with Gasteiger partial charge in [-0.1, -0.05) is 11.6 Å². The van der Waals surface area contributed by atoms with E-state index in [1.807, 2.05) is 13.1 Å². The van der Waals surface area contributed by atoms with Gasteiger partial charge in [-0.15, -0.1) is 0 Å². The quantitative estimate of drug-likeness (QED) is 0.907. The van der Waals surface area contributed by atoms with Crippen molar-refractivity contribution in [2.24, 2.45) is 0 Å². The summed E-state index contributed by atoms with van der Waals surface area (Å²) in [4.78, 5) is 4.38. The monoisotopic (exact) mass is 265 g/mol. The molecular weight excluding hydrogens is 253 g/mol. The summed E-state index contributed by atoms with van der Waals surface area (Å²) in [5, 5.41) is 3.42. The highest BCUT2D eigenvalue weighted by Gasteiger charge is 2.26. The number of aromatic nitrogens is 2. The number of nitrogens with zero attached hydrogens (tertiary/aromatic N) is 2. The molecule has 1 heterocycles. The van der Waals surface area contributed by atoms with Crippen LogP contribution in [0.4, 0.5) is 16.0 Å². The topological polar surface area (TPSA) is 29.9 Å². The molecule has 1 aliphatic rings. The van der Waals surface area contributed by atoms with Gasteiger partial charge in [-0.3, -0.25) is 0 Å². The SMILES string of the molecule is Cc1cn(C2CC2)c(Nc2ccc(Cl)cc2F)n1. The first kappa shape index (κ1) is 11.5. The van der Waals surface area contributed by atoms with Gasteiger partial charge in [-0.2, -0.15) is 0 Å². The first-order valence-corrected chi connectivity index (χ1v) is 6.29. The minimum absolute atomic E-state index is 0.370. The van der Waals surface area contributed by atoms with Crippen LogP contribution in [0.5, 0.6) is 0 Å². The molecule has 2 aromatic rings. The maximum atomic E-state index is 13.7. The Hall–Kier alpha value is -1.55. The van der Waals surface area contributed by atoms with Crippen LogP contribution in [-0.4, -0.2) is 9.55 Å². The fourth-order valence-electron chi connectivity index (χ4n) is 1.95. The van der Waals surface area contributed by atoms with E-state index in [0.29, 0.717) is 22.7 Å². The van der Waals surface area contributed by atoms with Crippen LogP contribution in [0.2, 0.25) is 5.02 Å². The van der Waals surface area contributed by atoms with E-state index in [1.54, 1.807) is 12.1 Å². The molecule has 0 saturated heterocycles. The van der Waals surface area contributed by atoms with E-state index >= 15 is 0 Å². The fraction of sp³-hybridized carbons (Fsp3) is 0.308. The van der Waals surface area contributed by atoms with Crippen LogP contribution in [-0.2, 0) is 0 Å². The number of anilines is 2. The molecule has 3 rings (SSSR count). The predicted octanol–water partition coefficient (Wildman–Crippen LogP) is 4.06. The van der Waals surface area contributed by atoms with E-state index in [4.69, 9.17) is 11.6 Å². The maximum absolute atomic E-state index is 13.7. The highest BCUT2D eigenvalue weighted by Crippen LogP contribution is 2.38. The Kier molecular flexibility index (Phi) is 2.74. The lowest BCUT2D eigenvalue weighted by atomic mass is 10.3. The van der Waals surface area contributed by atoms with Gasteiger partial charge in [0, 0.05) is 17.3 Å². The normalized spacial score (nSPS) is 14.8. The number of hydrogen-bond acceptors (Lipinski definition) is 2. The number of aryl methyl sites for hydroxylation is 1. The molecule has 18 heavy (non-hydrogen) atoms. The van der Waals surface area contributed by atoms with Crippen LogP contribution in [0.3, 0.4) is 0 Å². The van der Waals surface area contributed by atoms with Gasteiger partial charge in [-0.05, 0) is 38.0 Å². The van der Waals surface area contributed by atoms with Crippen LogP contribution in [0.1, 0.15) is 24.6 Å². The van der Waals surface area contributed by atoms with E-state index < -0.39 is 0 Å². The molecule has 94 valence electrons. The Morgan fingerprint density at radius 2 is 2.22 bits per heavy atom. The average molecular weight is 266 g/mol. The molecular formula is C13H13ClFN3. The summed E-state index contributed by atoms with van der Waals surface area (Å²) in [5.74, 6) is 0.321. The van der Waals surface area contributed by atoms with Crippen LogP contribution >= 0.6 is 11.6 Å². The van der Waals surface area contributed by atoms with Gasteiger partial charge >= 0.3 is 0 Å². The summed E-state index contributed by atoms with van der Waals surface area (Å²) in [5.41, 5.74) is 1.32. The average Bonchev–Trinajstić information content (AvgIpc) is 3.08. The van der Waals surface area contributed by atoms with E-state index in [1.165, 1.54) is 6.07 Å². The second kappa shape index (κ2) is 4.28. The summed E-state index contributed by atoms with van der Waals surface area (Å²) in [6, 6.07) is 5.08. The molecule has 0 amide bonds. The number of halogens is 2. The molecule has 1 aliphatic carbocycles. The zero-order valence-electron chi connectivity index (χ0n) is 9.95. The van der Waals surface area contributed by atoms with Gasteiger partial charge in [0.15, 0.2) is 0 Å². The van der Waals surface area contributed by atoms with Crippen molar-refractivity contribution in [3.05, 3.63) is 40.9 Å². The Morgan fingerprint density at radius 1 is 1.44 bits per heavy atom. The number of benzene rings is 1. The van der Waals surface area contributed by atoms with Crippen LogP contribution in [0, 0.1) is 12.7 Å². The van der Waals surface area contributed by atoms with Crippen molar-refractivity contribution >= 4 is 23.2 Å². The lowest BCUT2D eigenvalue weighted by Gasteiger charge is -2.09. The summed E-state index contributed by atoms with van der Waals surface area (Å²) >= 11 is 5.73. The van der Waals surface area contributed by atoms with Crippen LogP contribution < -0.4 is 5.32 Å². The molecule has 0 bridgehead atoms. The van der Waals surface area contributed by atoms with Gasteiger partial charge in [0.25, 0.3) is 0 Å². The van der Waals surface area contributed by atoms with Gasteiger partial charge in [0.1, 0.15) is 5.82 Å². The Morgan fingerprint density at radius 3 is 2.89 bits per heavy atom. The third kappa shape index (κ3) is 2.20. The van der Waals surface area contributed by atoms with E-state index in [2.05, 4.69) is 14.9 Å². The largest absolute Gasteiger partial charge is 0.323 e. The molecule has 0 aliphatic heterocycles. The zero-order valence-corrected chi connectivity index (χ0v) is 10.7. The van der Waals surface area contributed by atoms with Gasteiger partial charge in [0.05, 0.1) is 11.4 Å². The Bertz CT molecular complexity index is 590. The standard InChI is InChI=1S/C13H13ClFN3/c1-8-7-18(10-3-4-10)13(16-8)17-12-5-2-9(14)6-11(12)15/h2,5-7,10H,3-4H2,1H3,(H,16,17). The molecule has 0 atom stereocenters. The first-order valence-electron chi connectivity index (χ1n) is 5.91. The molecule has 1 fully saturated rings. The highest BCUT2D eigenvalue weighted by molar-refractivity contribution is 6.30. The van der Waals surface area contributed by atoms with Crippen molar-refractivity contribution in [2.75, 3.05) is 5.32 Å². The van der Waals surface area contributed by atoms with Crippen molar-refractivity contribution in [3.8, 4) is 0 Å². The molecule has 0 unspecified atom stereocenters. The number of nitrogens with one attached hydrogen (secondary N) is 1. The smallest absolute Gasteiger partial charge is 0.207 e. The number of hydrogen-bond donors (Lipinski definition) is 1. The molecule has 1 saturated carbocycles. The number of imidazole rings is 1. The lowest BCUT2D eigenvalue weighted by Crippen LogP contribution is -2.02. The Labute approximate surface area is 110 Å². The number of rotatable bonds is 3. The van der Waals surface area contributed by atoms with Crippen molar-refractivity contribution < 1.29 is 4.39 Å². The van der Waals surface area contributed by atoms with Crippen molar-refractivity contribution in [1.29, 1.82) is 0 Å². The fourth-order valence-corrected chi connectivity index (χ4v) is 2.11. The third-order valence-electron chi connectivity index (χ3n) is 2.97. The molecule has 1 N–H and O–H groups in total. The van der Waals surface area contributed by atoms with E-state index in [0.717, 1.165) is 18.5 Å². The summed E-state index contributed by atoms with van der Waals surface area (Å²) in [7, 11) is 0. The Balaban J connectivity index is 1.91. The second-order valence-electron chi connectivity index (χ2n) is 4.59. The van der Waals surface area contributed by atoms with Gasteiger partial charge in [0.2, 0.25) is 5.95 Å². The molecule has 1 aromatic heterocycles. The zero-order chi connectivity index (χ0) is 12.7. The summed E-state index contributed by atoms with van der Waals surface area (Å²) in [6.45, 7) is 1.93. The lowest BCUT2D eigenvalue weighted by molar-refractivity contribution is 0.631. The first-order chi connectivity index (χ1) is 8.63. The van der Waals surface area contributed by atoms with E-state index in [9.17, 15) is 4.39 Å².